The molecule has 0 spiro atoms. The molecule has 68 heavy (non-hydrogen) atoms. The van der Waals surface area contributed by atoms with E-state index in [1.165, 1.54) is 0 Å². The molecule has 6 heteroatoms. The van der Waals surface area contributed by atoms with Crippen LogP contribution < -0.4 is 18.9 Å². The van der Waals surface area contributed by atoms with Crippen molar-refractivity contribution in [3.8, 4) is 23.0 Å². The van der Waals surface area contributed by atoms with Crippen molar-refractivity contribution in [2.45, 2.75) is 209 Å². The summed E-state index contributed by atoms with van der Waals surface area (Å²) in [4.78, 5) is 31.7. The van der Waals surface area contributed by atoms with Crippen LogP contribution in [0.5, 0.6) is 23.0 Å². The van der Waals surface area contributed by atoms with Gasteiger partial charge in [-0.15, -0.1) is 0 Å². The van der Waals surface area contributed by atoms with E-state index in [0.29, 0.717) is 23.0 Å². The summed E-state index contributed by atoms with van der Waals surface area (Å²) in [6.45, 7) is 51.5. The highest BCUT2D eigenvalue weighted by Gasteiger charge is 2.43. The first kappa shape index (κ1) is 53.8. The Morgan fingerprint density at radius 3 is 0.441 bits per heavy atom. The highest BCUT2D eigenvalue weighted by molar-refractivity contribution is 6.22. The number of rotatable bonds is 8. The number of hydrogen-bond donors (Lipinski definition) is 0. The summed E-state index contributed by atoms with van der Waals surface area (Å²) in [6, 6.07) is 24.3. The minimum absolute atomic E-state index is 0.262. The monoisotopic (exact) mass is 925 g/mol. The molecule has 0 atom stereocenters. The molecule has 0 saturated carbocycles. The molecule has 4 aromatic carbocycles. The molecule has 0 heterocycles. The zero-order valence-electron chi connectivity index (χ0n) is 46.4. The van der Waals surface area contributed by atoms with Crippen LogP contribution in [-0.2, 0) is 52.9 Å². The Balaban J connectivity index is 1.90. The minimum atomic E-state index is -0.683. The normalized spacial score (nSPS) is 15.0. The van der Waals surface area contributed by atoms with E-state index < -0.39 is 11.6 Å². The van der Waals surface area contributed by atoms with Crippen LogP contribution in [0.15, 0.2) is 95.8 Å². The van der Waals surface area contributed by atoms with Crippen LogP contribution in [0.25, 0.3) is 0 Å². The van der Waals surface area contributed by atoms with Crippen LogP contribution in [0.3, 0.4) is 0 Å². The lowest BCUT2D eigenvalue weighted by molar-refractivity contribution is -0.122. The van der Waals surface area contributed by atoms with Gasteiger partial charge in [0.25, 0.3) is 11.6 Å². The molecule has 1 aliphatic rings. The Labute approximate surface area is 411 Å². The van der Waals surface area contributed by atoms with Gasteiger partial charge in [-0.1, -0.05) is 190 Å². The third-order valence-corrected chi connectivity index (χ3v) is 12.7. The van der Waals surface area contributed by atoms with E-state index in [9.17, 15) is 0 Å². The summed E-state index contributed by atoms with van der Waals surface area (Å²) < 4.78 is 27.4. The summed E-state index contributed by atoms with van der Waals surface area (Å²) in [5.41, 5.74) is 6.04. The van der Waals surface area contributed by atoms with Gasteiger partial charge < -0.3 is 18.9 Å². The van der Waals surface area contributed by atoms with Crippen molar-refractivity contribution in [1.82, 2.24) is 0 Å². The summed E-state index contributed by atoms with van der Waals surface area (Å²) in [5, 5.41) is 0. The predicted molar refractivity (Wildman–Crippen MR) is 282 cm³/mol. The lowest BCUT2D eigenvalue weighted by Gasteiger charge is -2.29. The van der Waals surface area contributed by atoms with E-state index in [2.05, 4.69) is 190 Å². The van der Waals surface area contributed by atoms with Crippen molar-refractivity contribution in [2.75, 3.05) is 0 Å². The molecule has 0 N–H and O–H groups in total. The maximum atomic E-state index is 15.8. The van der Waals surface area contributed by atoms with Gasteiger partial charge in [-0.3, -0.25) is 9.59 Å². The Hall–Kier alpha value is -5.10. The number of carbonyl (C=O) groups is 2. The molecule has 0 amide bonds. The SMILES string of the molecule is CC(C)(C)c1cc(OC2=C(Oc3cc(C(C)(C)C)cc(C(C)(C)C)c3)C(=O)C(Oc3cc(C(C)(C)C)cc(C(C)(C)C)c3)=C(Oc3cc(C(C)(C)C)cc(C(C)(C)C)c3)C2=O)cc(C(C)(C)C)c1. The van der Waals surface area contributed by atoms with Gasteiger partial charge in [0.15, 0.2) is 0 Å². The maximum Gasteiger partial charge on any atom is 0.271 e. The van der Waals surface area contributed by atoms with Gasteiger partial charge in [-0.2, -0.15) is 0 Å². The van der Waals surface area contributed by atoms with Crippen molar-refractivity contribution in [2.24, 2.45) is 0 Å². The molecule has 0 radical (unpaired) electrons. The van der Waals surface area contributed by atoms with E-state index >= 15 is 9.59 Å². The molecule has 4 aromatic rings. The molecule has 6 nitrogen and oxygen atoms in total. The molecule has 0 aromatic heterocycles. The zero-order chi connectivity index (χ0) is 51.7. The first-order chi connectivity index (χ1) is 30.5. The average molecular weight is 925 g/mol. The van der Waals surface area contributed by atoms with E-state index in [-0.39, 0.29) is 66.4 Å². The van der Waals surface area contributed by atoms with Crippen molar-refractivity contribution >= 4 is 11.6 Å². The number of benzene rings is 4. The average Bonchev–Trinajstić information content (AvgIpc) is 3.16. The Bertz CT molecular complexity index is 2150. The third-order valence-electron chi connectivity index (χ3n) is 12.7. The van der Waals surface area contributed by atoms with E-state index in [4.69, 9.17) is 18.9 Å². The van der Waals surface area contributed by atoms with Crippen molar-refractivity contribution < 1.29 is 28.5 Å². The first-order valence-corrected chi connectivity index (χ1v) is 24.5. The van der Waals surface area contributed by atoms with Crippen molar-refractivity contribution in [3.05, 3.63) is 140 Å². The molecule has 5 rings (SSSR count). The molecular weight excluding hydrogens is 841 g/mol. The number of Topliss-reactive ketones (excluding diaryl/α,β-unsaturated/α-hetero) is 2. The lowest BCUT2D eigenvalue weighted by Crippen LogP contribution is -2.33. The second-order valence-electron chi connectivity index (χ2n) is 27.4. The Morgan fingerprint density at radius 2 is 0.338 bits per heavy atom. The molecule has 0 fully saturated rings. The lowest BCUT2D eigenvalue weighted by atomic mass is 9.80. The Kier molecular flexibility index (Phi) is 14.3. The largest absolute Gasteiger partial charge is 0.449 e. The smallest absolute Gasteiger partial charge is 0.271 e. The van der Waals surface area contributed by atoms with Crippen LogP contribution >= 0.6 is 0 Å². The zero-order valence-corrected chi connectivity index (χ0v) is 46.4. The maximum absolute atomic E-state index is 15.8. The van der Waals surface area contributed by atoms with Crippen molar-refractivity contribution in [3.63, 3.8) is 0 Å². The van der Waals surface area contributed by atoms with Gasteiger partial charge in [0.1, 0.15) is 23.0 Å². The number of hydrogen-bond acceptors (Lipinski definition) is 6. The highest BCUT2D eigenvalue weighted by Crippen LogP contribution is 2.42. The van der Waals surface area contributed by atoms with E-state index in [1.54, 1.807) is 0 Å². The summed E-state index contributed by atoms with van der Waals surface area (Å²) in [6.07, 6.45) is 0. The van der Waals surface area contributed by atoms with E-state index in [0.717, 1.165) is 44.5 Å². The molecule has 1 aliphatic carbocycles. The summed E-state index contributed by atoms with van der Waals surface area (Å²) in [5.74, 6) is -0.909. The summed E-state index contributed by atoms with van der Waals surface area (Å²) >= 11 is 0. The van der Waals surface area contributed by atoms with Crippen LogP contribution in [0.2, 0.25) is 0 Å². The fourth-order valence-corrected chi connectivity index (χ4v) is 7.56. The van der Waals surface area contributed by atoms with E-state index in [1.807, 2.05) is 48.5 Å². The Morgan fingerprint density at radius 1 is 0.221 bits per heavy atom. The number of ether oxygens (including phenoxy) is 4. The fraction of sp³-hybridized carbons (Fsp3) is 0.516. The van der Waals surface area contributed by atoms with Crippen LogP contribution in [0.4, 0.5) is 0 Å². The van der Waals surface area contributed by atoms with Gasteiger partial charge in [0, 0.05) is 0 Å². The first-order valence-electron chi connectivity index (χ1n) is 24.5. The highest BCUT2D eigenvalue weighted by atomic mass is 16.6. The van der Waals surface area contributed by atoms with Crippen LogP contribution in [0, 0.1) is 0 Å². The summed E-state index contributed by atoms with van der Waals surface area (Å²) in [7, 11) is 0. The molecule has 0 unspecified atom stereocenters. The second-order valence-corrected chi connectivity index (χ2v) is 27.4. The third kappa shape index (κ3) is 12.8. The van der Waals surface area contributed by atoms with Crippen molar-refractivity contribution in [1.29, 1.82) is 0 Å². The quantitative estimate of drug-likeness (QED) is 0.164. The molecular formula is C62H84O6. The van der Waals surface area contributed by atoms with Crippen LogP contribution in [-0.4, -0.2) is 11.6 Å². The number of carbonyl (C=O) groups excluding carboxylic acids is 2. The van der Waals surface area contributed by atoms with Crippen LogP contribution in [0.1, 0.15) is 211 Å². The predicted octanol–water partition coefficient (Wildman–Crippen LogP) is 16.3. The van der Waals surface area contributed by atoms with Gasteiger partial charge in [0.05, 0.1) is 0 Å². The van der Waals surface area contributed by atoms with Gasteiger partial charge in [-0.05, 0) is 136 Å². The minimum Gasteiger partial charge on any atom is -0.449 e. The fourth-order valence-electron chi connectivity index (χ4n) is 7.56. The second kappa shape index (κ2) is 18.0. The van der Waals surface area contributed by atoms with Gasteiger partial charge >= 0.3 is 0 Å². The topological polar surface area (TPSA) is 71.1 Å². The molecule has 0 bridgehead atoms. The standard InChI is InChI=1S/C62H84O6/c1-55(2,3)37-25-38(56(4,5)6)30-45(29-37)65-51-49(63)53(67-47-33-41(59(13,14)15)27-42(34-47)60(16,17)18)54(68-48-35-43(61(19,20)21)28-44(36-48)62(22,23)24)50(64)52(51)66-46-31-39(57(7,8)9)26-40(32-46)58(10,11)12/h25-36H,1-24H3. The molecule has 0 aliphatic heterocycles. The van der Waals surface area contributed by atoms with Gasteiger partial charge in [-0.25, -0.2) is 0 Å². The number of ketones is 2. The van der Waals surface area contributed by atoms with Gasteiger partial charge in [0.2, 0.25) is 23.0 Å². The molecule has 0 saturated heterocycles. The molecule has 368 valence electrons.